The largest absolute Gasteiger partial charge is 0.352 e. The molecule has 0 aromatic heterocycles. The zero-order valence-corrected chi connectivity index (χ0v) is 8.87. The van der Waals surface area contributed by atoms with E-state index in [1.807, 2.05) is 11.8 Å². The van der Waals surface area contributed by atoms with Gasteiger partial charge in [0.15, 0.2) is 0 Å². The fraction of sp³-hybridized carbons (Fsp3) is 0.857. The maximum absolute atomic E-state index is 10.9. The molecule has 0 aromatic rings. The van der Waals surface area contributed by atoms with Crippen LogP contribution in [0.3, 0.4) is 0 Å². The van der Waals surface area contributed by atoms with Crippen LogP contribution in [-0.4, -0.2) is 28.3 Å². The van der Waals surface area contributed by atoms with Gasteiger partial charge in [-0.1, -0.05) is 22.9 Å². The average molecular weight is 238 g/mol. The molecule has 1 fully saturated rings. The Hall–Kier alpha value is 0.300. The summed E-state index contributed by atoms with van der Waals surface area (Å²) in [5.74, 6) is 1.28. The van der Waals surface area contributed by atoms with E-state index in [2.05, 4.69) is 28.2 Å². The number of thioether (sulfide) groups is 1. The number of carbonyl (C=O) groups excluding carboxylic acids is 1. The van der Waals surface area contributed by atoms with Crippen LogP contribution in [0.15, 0.2) is 0 Å². The van der Waals surface area contributed by atoms with Crippen molar-refractivity contribution in [3.05, 3.63) is 0 Å². The monoisotopic (exact) mass is 237 g/mol. The minimum atomic E-state index is 0.101. The predicted octanol–water partition coefficient (Wildman–Crippen LogP) is 1.39. The number of carbonyl (C=O) groups is 1. The van der Waals surface area contributed by atoms with Gasteiger partial charge in [-0.15, -0.1) is 0 Å². The fourth-order valence-electron chi connectivity index (χ4n) is 1.17. The number of nitrogens with one attached hydrogen (secondary N) is 1. The standard InChI is InChI=1S/C7H12BrNOS/c1-5-6(2-3-11-5)9-7(10)4-8/h5-6H,2-4H2,1H3,(H,9,10). The van der Waals surface area contributed by atoms with Gasteiger partial charge in [0.05, 0.1) is 5.33 Å². The summed E-state index contributed by atoms with van der Waals surface area (Å²) in [7, 11) is 0. The molecule has 2 unspecified atom stereocenters. The van der Waals surface area contributed by atoms with Crippen molar-refractivity contribution in [2.75, 3.05) is 11.1 Å². The molecule has 2 nitrogen and oxygen atoms in total. The minimum absolute atomic E-state index is 0.101. The molecule has 0 spiro atoms. The van der Waals surface area contributed by atoms with E-state index in [-0.39, 0.29) is 5.91 Å². The second kappa shape index (κ2) is 4.36. The van der Waals surface area contributed by atoms with Crippen LogP contribution in [0.2, 0.25) is 0 Å². The molecule has 1 amide bonds. The van der Waals surface area contributed by atoms with Crippen molar-refractivity contribution in [1.82, 2.24) is 5.32 Å². The molecule has 4 heteroatoms. The molecule has 1 saturated heterocycles. The molecule has 1 aliphatic rings. The highest BCUT2D eigenvalue weighted by molar-refractivity contribution is 9.09. The van der Waals surface area contributed by atoms with E-state index in [1.165, 1.54) is 5.75 Å². The van der Waals surface area contributed by atoms with Gasteiger partial charge in [0.25, 0.3) is 0 Å². The van der Waals surface area contributed by atoms with E-state index >= 15 is 0 Å². The minimum Gasteiger partial charge on any atom is -0.352 e. The van der Waals surface area contributed by atoms with E-state index in [4.69, 9.17) is 0 Å². The molecular formula is C7H12BrNOS. The molecule has 1 heterocycles. The van der Waals surface area contributed by atoms with E-state index in [9.17, 15) is 4.79 Å². The van der Waals surface area contributed by atoms with Gasteiger partial charge in [0.2, 0.25) is 5.91 Å². The van der Waals surface area contributed by atoms with E-state index in [1.54, 1.807) is 0 Å². The normalized spacial score (nSPS) is 30.4. The molecule has 0 radical (unpaired) electrons. The van der Waals surface area contributed by atoms with Gasteiger partial charge in [-0.3, -0.25) is 4.79 Å². The number of alkyl halides is 1. The lowest BCUT2D eigenvalue weighted by atomic mass is 10.2. The van der Waals surface area contributed by atoms with Crippen molar-refractivity contribution < 1.29 is 4.79 Å². The number of amides is 1. The van der Waals surface area contributed by atoms with Gasteiger partial charge in [-0.05, 0) is 12.2 Å². The van der Waals surface area contributed by atoms with Gasteiger partial charge in [0.1, 0.15) is 0 Å². The van der Waals surface area contributed by atoms with Crippen molar-refractivity contribution in [3.8, 4) is 0 Å². The van der Waals surface area contributed by atoms with Crippen LogP contribution < -0.4 is 5.32 Å². The van der Waals surface area contributed by atoms with Crippen molar-refractivity contribution in [1.29, 1.82) is 0 Å². The van der Waals surface area contributed by atoms with Gasteiger partial charge in [0, 0.05) is 11.3 Å². The Balaban J connectivity index is 2.30. The third kappa shape index (κ3) is 2.67. The van der Waals surface area contributed by atoms with Crippen LogP contribution in [0.1, 0.15) is 13.3 Å². The molecule has 0 aromatic carbocycles. The second-order valence-electron chi connectivity index (χ2n) is 2.67. The SMILES string of the molecule is CC1SCCC1NC(=O)CBr. The Morgan fingerprint density at radius 2 is 2.55 bits per heavy atom. The highest BCUT2D eigenvalue weighted by atomic mass is 79.9. The summed E-state index contributed by atoms with van der Waals surface area (Å²) in [4.78, 5) is 10.9. The van der Waals surface area contributed by atoms with Crippen molar-refractivity contribution >= 4 is 33.6 Å². The van der Waals surface area contributed by atoms with Crippen LogP contribution in [0, 0.1) is 0 Å². The van der Waals surface area contributed by atoms with Gasteiger partial charge in [-0.2, -0.15) is 11.8 Å². The van der Waals surface area contributed by atoms with E-state index in [0.29, 0.717) is 16.6 Å². The Labute approximate surface area is 79.6 Å². The van der Waals surface area contributed by atoms with Crippen LogP contribution in [0.5, 0.6) is 0 Å². The Morgan fingerprint density at radius 3 is 3.00 bits per heavy atom. The third-order valence-corrected chi connectivity index (χ3v) is 3.68. The number of hydrogen-bond donors (Lipinski definition) is 1. The molecule has 1 N–H and O–H groups in total. The van der Waals surface area contributed by atoms with E-state index < -0.39 is 0 Å². The van der Waals surface area contributed by atoms with Crippen LogP contribution >= 0.6 is 27.7 Å². The van der Waals surface area contributed by atoms with E-state index in [0.717, 1.165) is 6.42 Å². The highest BCUT2D eigenvalue weighted by Crippen LogP contribution is 2.25. The first-order valence-electron chi connectivity index (χ1n) is 3.71. The quantitative estimate of drug-likeness (QED) is 0.736. The molecule has 64 valence electrons. The molecule has 11 heavy (non-hydrogen) atoms. The lowest BCUT2D eigenvalue weighted by Gasteiger charge is -2.15. The summed E-state index contributed by atoms with van der Waals surface area (Å²) in [6, 6.07) is 0.394. The van der Waals surface area contributed by atoms with Crippen molar-refractivity contribution in [3.63, 3.8) is 0 Å². The topological polar surface area (TPSA) is 29.1 Å². The average Bonchev–Trinajstić information content (AvgIpc) is 2.37. The zero-order valence-electron chi connectivity index (χ0n) is 6.47. The lowest BCUT2D eigenvalue weighted by molar-refractivity contribution is -0.119. The summed E-state index contributed by atoms with van der Waals surface area (Å²) >= 11 is 5.05. The smallest absolute Gasteiger partial charge is 0.230 e. The predicted molar refractivity (Wildman–Crippen MR) is 52.3 cm³/mol. The van der Waals surface area contributed by atoms with Crippen molar-refractivity contribution in [2.24, 2.45) is 0 Å². The molecule has 1 rings (SSSR count). The molecule has 0 aliphatic carbocycles. The number of hydrogen-bond acceptors (Lipinski definition) is 2. The van der Waals surface area contributed by atoms with Gasteiger partial charge in [-0.25, -0.2) is 0 Å². The summed E-state index contributed by atoms with van der Waals surface area (Å²) in [5.41, 5.74) is 0. The summed E-state index contributed by atoms with van der Waals surface area (Å²) < 4.78 is 0. The third-order valence-electron chi connectivity index (χ3n) is 1.84. The number of halogens is 1. The molecule has 0 saturated carbocycles. The zero-order chi connectivity index (χ0) is 8.27. The van der Waals surface area contributed by atoms with Crippen molar-refractivity contribution in [2.45, 2.75) is 24.6 Å². The molecular weight excluding hydrogens is 226 g/mol. The fourth-order valence-corrected chi connectivity index (χ4v) is 2.53. The maximum atomic E-state index is 10.9. The van der Waals surface area contributed by atoms with Crippen LogP contribution in [0.4, 0.5) is 0 Å². The Kier molecular flexibility index (Phi) is 3.72. The first-order chi connectivity index (χ1) is 5.24. The van der Waals surface area contributed by atoms with Gasteiger partial charge >= 0.3 is 0 Å². The summed E-state index contributed by atoms with van der Waals surface area (Å²) in [5, 5.41) is 3.97. The van der Waals surface area contributed by atoms with Crippen LogP contribution in [-0.2, 0) is 4.79 Å². The summed E-state index contributed by atoms with van der Waals surface area (Å²) in [6.07, 6.45) is 1.12. The molecule has 2 atom stereocenters. The maximum Gasteiger partial charge on any atom is 0.230 e. The lowest BCUT2D eigenvalue weighted by Crippen LogP contribution is -2.38. The molecule has 1 aliphatic heterocycles. The Bertz CT molecular complexity index is 153. The first kappa shape index (κ1) is 9.39. The van der Waals surface area contributed by atoms with Gasteiger partial charge < -0.3 is 5.32 Å². The van der Waals surface area contributed by atoms with Crippen LogP contribution in [0.25, 0.3) is 0 Å². The molecule has 0 bridgehead atoms. The number of rotatable bonds is 2. The summed E-state index contributed by atoms with van der Waals surface area (Å²) in [6.45, 7) is 2.16. The highest BCUT2D eigenvalue weighted by Gasteiger charge is 2.24. The Morgan fingerprint density at radius 1 is 1.82 bits per heavy atom. The first-order valence-corrected chi connectivity index (χ1v) is 5.88. The second-order valence-corrected chi connectivity index (χ2v) is 4.72.